The largest absolute Gasteiger partial charge is 0.350 e. The Morgan fingerprint density at radius 3 is 2.04 bits per heavy atom. The average Bonchev–Trinajstić information content (AvgIpc) is 3.28. The van der Waals surface area contributed by atoms with Gasteiger partial charge in [-0.3, -0.25) is 9.59 Å². The van der Waals surface area contributed by atoms with Crippen LogP contribution in [-0.2, 0) is 14.3 Å². The van der Waals surface area contributed by atoms with Crippen LogP contribution in [0.3, 0.4) is 0 Å². The summed E-state index contributed by atoms with van der Waals surface area (Å²) < 4.78 is 24.2. The first kappa shape index (κ1) is 19.3. The fourth-order valence-electron chi connectivity index (χ4n) is 4.40. The molecule has 7 heteroatoms. The molecule has 3 saturated heterocycles. The molecule has 0 atom stereocenters. The minimum atomic E-state index is -0.351. The lowest BCUT2D eigenvalue weighted by molar-refractivity contribution is -0.142. The number of likely N-dealkylation sites (tertiary alicyclic amines) is 2. The monoisotopic (exact) mass is 390 g/mol. The van der Waals surface area contributed by atoms with Gasteiger partial charge in [0.25, 0.3) is 5.91 Å². The first-order valence-electron chi connectivity index (χ1n) is 10.2. The van der Waals surface area contributed by atoms with Crippen LogP contribution in [0.1, 0.15) is 36.0 Å². The van der Waals surface area contributed by atoms with E-state index in [1.165, 1.54) is 24.3 Å². The topological polar surface area (TPSA) is 59.1 Å². The van der Waals surface area contributed by atoms with E-state index in [9.17, 15) is 14.0 Å². The molecular weight excluding hydrogens is 363 g/mol. The van der Waals surface area contributed by atoms with Crippen LogP contribution in [0.5, 0.6) is 0 Å². The van der Waals surface area contributed by atoms with Crippen LogP contribution in [0.4, 0.5) is 4.39 Å². The fraction of sp³-hybridized carbons (Fsp3) is 0.619. The Morgan fingerprint density at radius 1 is 0.857 bits per heavy atom. The van der Waals surface area contributed by atoms with E-state index in [4.69, 9.17) is 9.47 Å². The van der Waals surface area contributed by atoms with Gasteiger partial charge in [0, 0.05) is 43.6 Å². The van der Waals surface area contributed by atoms with Crippen molar-refractivity contribution in [1.82, 2.24) is 9.80 Å². The van der Waals surface area contributed by atoms with Gasteiger partial charge >= 0.3 is 0 Å². The Labute approximate surface area is 164 Å². The molecule has 0 N–H and O–H groups in total. The summed E-state index contributed by atoms with van der Waals surface area (Å²) in [6, 6.07) is 5.62. The van der Waals surface area contributed by atoms with E-state index in [1.807, 2.05) is 4.90 Å². The Balaban J connectivity index is 1.25. The molecule has 0 spiro atoms. The molecular formula is C21H27FN2O4. The lowest BCUT2D eigenvalue weighted by atomic mass is 9.91. The van der Waals surface area contributed by atoms with Gasteiger partial charge in [-0.25, -0.2) is 4.39 Å². The number of nitrogens with zero attached hydrogens (tertiary/aromatic N) is 2. The molecule has 3 heterocycles. The van der Waals surface area contributed by atoms with Crippen molar-refractivity contribution >= 4 is 11.8 Å². The zero-order valence-electron chi connectivity index (χ0n) is 16.0. The lowest BCUT2D eigenvalue weighted by Gasteiger charge is -2.38. The van der Waals surface area contributed by atoms with Crippen LogP contribution in [0.2, 0.25) is 0 Å². The zero-order chi connectivity index (χ0) is 19.5. The summed E-state index contributed by atoms with van der Waals surface area (Å²) in [5.41, 5.74) is 0.490. The van der Waals surface area contributed by atoms with Crippen molar-refractivity contribution in [2.75, 3.05) is 39.4 Å². The van der Waals surface area contributed by atoms with Crippen LogP contribution in [0.15, 0.2) is 24.3 Å². The van der Waals surface area contributed by atoms with E-state index in [2.05, 4.69) is 0 Å². The van der Waals surface area contributed by atoms with Crippen molar-refractivity contribution in [2.24, 2.45) is 11.8 Å². The molecule has 0 saturated carbocycles. The van der Waals surface area contributed by atoms with E-state index in [-0.39, 0.29) is 29.8 Å². The maximum atomic E-state index is 13.0. The number of benzene rings is 1. The van der Waals surface area contributed by atoms with Crippen molar-refractivity contribution in [2.45, 2.75) is 32.0 Å². The van der Waals surface area contributed by atoms with Gasteiger partial charge < -0.3 is 19.3 Å². The molecule has 3 aliphatic rings. The number of amides is 2. The summed E-state index contributed by atoms with van der Waals surface area (Å²) in [5.74, 6) is 0.120. The molecule has 2 amide bonds. The van der Waals surface area contributed by atoms with Crippen LogP contribution < -0.4 is 0 Å². The van der Waals surface area contributed by atoms with Gasteiger partial charge in [0.1, 0.15) is 5.82 Å². The van der Waals surface area contributed by atoms with E-state index >= 15 is 0 Å². The van der Waals surface area contributed by atoms with Crippen LogP contribution in [0.25, 0.3) is 0 Å². The third kappa shape index (κ3) is 4.20. The number of ether oxygens (including phenoxy) is 2. The highest BCUT2D eigenvalue weighted by Gasteiger charge is 2.35. The molecule has 0 bridgehead atoms. The molecule has 3 fully saturated rings. The van der Waals surface area contributed by atoms with Crippen LogP contribution in [-0.4, -0.2) is 67.3 Å². The van der Waals surface area contributed by atoms with Gasteiger partial charge in [-0.05, 0) is 49.9 Å². The van der Waals surface area contributed by atoms with Crippen LogP contribution >= 0.6 is 0 Å². The lowest BCUT2D eigenvalue weighted by Crippen LogP contribution is -2.47. The third-order valence-corrected chi connectivity index (χ3v) is 6.11. The Kier molecular flexibility index (Phi) is 5.92. The molecule has 152 valence electrons. The van der Waals surface area contributed by atoms with E-state index in [0.717, 1.165) is 25.9 Å². The number of carbonyl (C=O) groups excluding carboxylic acids is 2. The predicted molar refractivity (Wildman–Crippen MR) is 100 cm³/mol. The van der Waals surface area contributed by atoms with E-state index in [1.54, 1.807) is 4.90 Å². The highest BCUT2D eigenvalue weighted by Crippen LogP contribution is 2.28. The number of piperidine rings is 2. The maximum absolute atomic E-state index is 13.0. The SMILES string of the molecule is O=C(c1ccc(F)cc1)N1CCC(C(=O)N2CCC(C3OCCO3)CC2)CC1. The summed E-state index contributed by atoms with van der Waals surface area (Å²) in [4.78, 5) is 29.1. The third-order valence-electron chi connectivity index (χ3n) is 6.11. The van der Waals surface area contributed by atoms with Crippen molar-refractivity contribution in [1.29, 1.82) is 0 Å². The Morgan fingerprint density at radius 2 is 1.43 bits per heavy atom. The molecule has 4 rings (SSSR count). The zero-order valence-corrected chi connectivity index (χ0v) is 16.0. The second-order valence-electron chi connectivity index (χ2n) is 7.85. The summed E-state index contributed by atoms with van der Waals surface area (Å²) in [6.07, 6.45) is 3.09. The first-order valence-corrected chi connectivity index (χ1v) is 10.2. The standard InChI is InChI=1S/C21H27FN2O4/c22-18-3-1-15(2-4-18)19(25)23-9-5-16(6-10-23)20(26)24-11-7-17(8-12-24)21-27-13-14-28-21/h1-4,16-17,21H,5-14H2. The molecule has 28 heavy (non-hydrogen) atoms. The number of hydrogen-bond acceptors (Lipinski definition) is 4. The van der Waals surface area contributed by atoms with Gasteiger partial charge in [0.2, 0.25) is 5.91 Å². The summed E-state index contributed by atoms with van der Waals surface area (Å²) >= 11 is 0. The highest BCUT2D eigenvalue weighted by atomic mass is 19.1. The predicted octanol–water partition coefficient (Wildman–Crippen LogP) is 2.29. The minimum absolute atomic E-state index is 0.0206. The molecule has 3 aliphatic heterocycles. The van der Waals surface area contributed by atoms with Crippen molar-refractivity contribution in [3.05, 3.63) is 35.6 Å². The Bertz CT molecular complexity index is 689. The Hall–Kier alpha value is -1.99. The maximum Gasteiger partial charge on any atom is 0.253 e. The average molecular weight is 390 g/mol. The number of rotatable bonds is 3. The van der Waals surface area contributed by atoms with Crippen LogP contribution in [0, 0.1) is 17.7 Å². The highest BCUT2D eigenvalue weighted by molar-refractivity contribution is 5.94. The van der Waals surface area contributed by atoms with Crippen molar-refractivity contribution < 1.29 is 23.5 Å². The second kappa shape index (κ2) is 8.57. The molecule has 0 unspecified atom stereocenters. The van der Waals surface area contributed by atoms with Gasteiger partial charge in [0.15, 0.2) is 6.29 Å². The van der Waals surface area contributed by atoms with E-state index in [0.29, 0.717) is 50.6 Å². The van der Waals surface area contributed by atoms with Gasteiger partial charge in [0.05, 0.1) is 13.2 Å². The molecule has 1 aromatic carbocycles. The number of halogens is 1. The molecule has 0 radical (unpaired) electrons. The van der Waals surface area contributed by atoms with Gasteiger partial charge in [-0.2, -0.15) is 0 Å². The smallest absolute Gasteiger partial charge is 0.253 e. The van der Waals surface area contributed by atoms with Crippen molar-refractivity contribution in [3.8, 4) is 0 Å². The van der Waals surface area contributed by atoms with Gasteiger partial charge in [-0.1, -0.05) is 0 Å². The molecule has 6 nitrogen and oxygen atoms in total. The first-order chi connectivity index (χ1) is 13.6. The number of hydrogen-bond donors (Lipinski definition) is 0. The summed E-state index contributed by atoms with van der Waals surface area (Å²) in [6.45, 7) is 3.96. The summed E-state index contributed by atoms with van der Waals surface area (Å²) in [5, 5.41) is 0. The van der Waals surface area contributed by atoms with Gasteiger partial charge in [-0.15, -0.1) is 0 Å². The second-order valence-corrected chi connectivity index (χ2v) is 7.85. The molecule has 1 aromatic rings. The van der Waals surface area contributed by atoms with E-state index < -0.39 is 0 Å². The molecule has 0 aromatic heterocycles. The quantitative estimate of drug-likeness (QED) is 0.795. The number of carbonyl (C=O) groups is 2. The molecule has 0 aliphatic carbocycles. The normalized spacial score (nSPS) is 22.6. The summed E-state index contributed by atoms with van der Waals surface area (Å²) in [7, 11) is 0. The fourth-order valence-corrected chi connectivity index (χ4v) is 4.40. The minimum Gasteiger partial charge on any atom is -0.350 e. The van der Waals surface area contributed by atoms with Crippen molar-refractivity contribution in [3.63, 3.8) is 0 Å².